The van der Waals surface area contributed by atoms with Crippen LogP contribution < -0.4 is 0 Å². The van der Waals surface area contributed by atoms with Gasteiger partial charge in [-0.2, -0.15) is 0 Å². The molecule has 6 nitrogen and oxygen atoms in total. The van der Waals surface area contributed by atoms with Crippen LogP contribution in [-0.4, -0.2) is 31.3 Å². The molecule has 0 saturated heterocycles. The zero-order chi connectivity index (χ0) is 10.7. The van der Waals surface area contributed by atoms with Gasteiger partial charge >= 0.3 is 5.97 Å². The largest absolute Gasteiger partial charge is 0.481 e. The van der Waals surface area contributed by atoms with E-state index in [1.54, 1.807) is 4.68 Å². The number of tetrazole rings is 1. The van der Waals surface area contributed by atoms with Crippen molar-refractivity contribution in [2.45, 2.75) is 38.6 Å². The molecule has 6 heteroatoms. The molecule has 1 saturated carbocycles. The molecule has 1 aromatic rings. The highest BCUT2D eigenvalue weighted by molar-refractivity contribution is 5.66. The van der Waals surface area contributed by atoms with Gasteiger partial charge in [0.15, 0.2) is 5.82 Å². The fourth-order valence-corrected chi connectivity index (χ4v) is 1.50. The molecule has 82 valence electrons. The lowest BCUT2D eigenvalue weighted by Crippen LogP contribution is -2.08. The highest BCUT2D eigenvalue weighted by Gasteiger charge is 2.24. The van der Waals surface area contributed by atoms with Crippen LogP contribution in [0, 0.1) is 5.92 Å². The van der Waals surface area contributed by atoms with E-state index in [2.05, 4.69) is 15.5 Å². The molecule has 0 amide bonds. The van der Waals surface area contributed by atoms with Crippen molar-refractivity contribution in [1.82, 2.24) is 20.2 Å². The summed E-state index contributed by atoms with van der Waals surface area (Å²) in [6, 6.07) is 0. The van der Waals surface area contributed by atoms with Crippen molar-refractivity contribution < 1.29 is 9.90 Å². The predicted octanol–water partition coefficient (Wildman–Crippen LogP) is 0.490. The number of aryl methyl sites for hydroxylation is 1. The van der Waals surface area contributed by atoms with Gasteiger partial charge in [-0.05, 0) is 35.6 Å². The lowest BCUT2D eigenvalue weighted by atomic mass is 10.2. The van der Waals surface area contributed by atoms with Gasteiger partial charge in [0.25, 0.3) is 0 Å². The summed E-state index contributed by atoms with van der Waals surface area (Å²) in [5, 5.41) is 19.9. The Labute approximate surface area is 87.3 Å². The van der Waals surface area contributed by atoms with Gasteiger partial charge in [-0.25, -0.2) is 4.68 Å². The first-order valence-electron chi connectivity index (χ1n) is 5.22. The van der Waals surface area contributed by atoms with Crippen molar-refractivity contribution >= 4 is 5.97 Å². The standard InChI is InChI=1S/C9H14N4O2/c14-9(15)2-1-5-13-8(10-11-12-13)6-7-3-4-7/h7H,1-6H2,(H,14,15). The molecule has 0 atom stereocenters. The zero-order valence-electron chi connectivity index (χ0n) is 8.46. The number of hydrogen-bond acceptors (Lipinski definition) is 4. The second-order valence-electron chi connectivity index (χ2n) is 3.96. The molecule has 1 aliphatic carbocycles. The molecule has 1 aliphatic rings. The molecule has 1 heterocycles. The number of aromatic nitrogens is 4. The fraction of sp³-hybridized carbons (Fsp3) is 0.778. The van der Waals surface area contributed by atoms with Crippen LogP contribution in [0.2, 0.25) is 0 Å². The van der Waals surface area contributed by atoms with E-state index in [9.17, 15) is 4.79 Å². The lowest BCUT2D eigenvalue weighted by Gasteiger charge is -2.01. The highest BCUT2D eigenvalue weighted by atomic mass is 16.4. The average molecular weight is 210 g/mol. The summed E-state index contributed by atoms with van der Waals surface area (Å²) in [4.78, 5) is 10.3. The number of nitrogens with zero attached hydrogens (tertiary/aromatic N) is 4. The van der Waals surface area contributed by atoms with Crippen LogP contribution in [0.4, 0.5) is 0 Å². The van der Waals surface area contributed by atoms with Gasteiger partial charge < -0.3 is 5.11 Å². The van der Waals surface area contributed by atoms with E-state index in [4.69, 9.17) is 5.11 Å². The molecule has 0 aliphatic heterocycles. The summed E-state index contributed by atoms with van der Waals surface area (Å²) in [6.07, 6.45) is 4.21. The Balaban J connectivity index is 1.83. The third-order valence-corrected chi connectivity index (χ3v) is 2.53. The lowest BCUT2D eigenvalue weighted by molar-refractivity contribution is -0.137. The third-order valence-electron chi connectivity index (χ3n) is 2.53. The maximum absolute atomic E-state index is 10.3. The van der Waals surface area contributed by atoms with Crippen molar-refractivity contribution in [2.75, 3.05) is 0 Å². The van der Waals surface area contributed by atoms with E-state index in [0.29, 0.717) is 13.0 Å². The van der Waals surface area contributed by atoms with Crippen molar-refractivity contribution in [1.29, 1.82) is 0 Å². The summed E-state index contributed by atoms with van der Waals surface area (Å²) in [5.41, 5.74) is 0. The maximum Gasteiger partial charge on any atom is 0.303 e. The fourth-order valence-electron chi connectivity index (χ4n) is 1.50. The Morgan fingerprint density at radius 3 is 3.00 bits per heavy atom. The van der Waals surface area contributed by atoms with E-state index >= 15 is 0 Å². The summed E-state index contributed by atoms with van der Waals surface area (Å²) in [7, 11) is 0. The first-order chi connectivity index (χ1) is 7.25. The first kappa shape index (κ1) is 10.1. The van der Waals surface area contributed by atoms with Crippen molar-refractivity contribution in [2.24, 2.45) is 5.92 Å². The van der Waals surface area contributed by atoms with E-state index in [0.717, 1.165) is 18.2 Å². The minimum Gasteiger partial charge on any atom is -0.481 e. The quantitative estimate of drug-likeness (QED) is 0.739. The topological polar surface area (TPSA) is 80.9 Å². The summed E-state index contributed by atoms with van der Waals surface area (Å²) in [5.74, 6) is 0.865. The van der Waals surface area contributed by atoms with Crippen molar-refractivity contribution in [3.63, 3.8) is 0 Å². The minimum absolute atomic E-state index is 0.169. The molecule has 0 aromatic carbocycles. The van der Waals surface area contributed by atoms with Gasteiger partial charge in [0, 0.05) is 19.4 Å². The van der Waals surface area contributed by atoms with Gasteiger partial charge in [-0.3, -0.25) is 4.79 Å². The van der Waals surface area contributed by atoms with E-state index in [1.165, 1.54) is 12.8 Å². The normalized spacial score (nSPS) is 15.5. The average Bonchev–Trinajstić information content (AvgIpc) is 2.87. The second kappa shape index (κ2) is 4.37. The predicted molar refractivity (Wildman–Crippen MR) is 51.1 cm³/mol. The highest BCUT2D eigenvalue weighted by Crippen LogP contribution is 2.31. The number of carboxylic acid groups (broad SMARTS) is 1. The summed E-state index contributed by atoms with van der Waals surface area (Å²) < 4.78 is 1.72. The molecule has 0 bridgehead atoms. The van der Waals surface area contributed by atoms with E-state index in [-0.39, 0.29) is 6.42 Å². The second-order valence-corrected chi connectivity index (χ2v) is 3.96. The SMILES string of the molecule is O=C(O)CCCn1nnnc1CC1CC1. The van der Waals surface area contributed by atoms with Crippen molar-refractivity contribution in [3.8, 4) is 0 Å². The minimum atomic E-state index is -0.771. The smallest absolute Gasteiger partial charge is 0.303 e. The number of carboxylic acids is 1. The van der Waals surface area contributed by atoms with Gasteiger partial charge in [0.05, 0.1) is 0 Å². The van der Waals surface area contributed by atoms with Gasteiger partial charge in [0.2, 0.25) is 0 Å². The Hall–Kier alpha value is -1.46. The van der Waals surface area contributed by atoms with Crippen LogP contribution in [0.15, 0.2) is 0 Å². The molecule has 2 rings (SSSR count). The van der Waals surface area contributed by atoms with Gasteiger partial charge in [0.1, 0.15) is 0 Å². The van der Waals surface area contributed by atoms with Crippen LogP contribution in [0.25, 0.3) is 0 Å². The monoisotopic (exact) mass is 210 g/mol. The van der Waals surface area contributed by atoms with Crippen LogP contribution >= 0.6 is 0 Å². The molecule has 15 heavy (non-hydrogen) atoms. The number of hydrogen-bond donors (Lipinski definition) is 1. The zero-order valence-corrected chi connectivity index (χ0v) is 8.46. The molecule has 0 spiro atoms. The Bertz CT molecular complexity index is 346. The Morgan fingerprint density at radius 1 is 1.53 bits per heavy atom. The van der Waals surface area contributed by atoms with Crippen LogP contribution in [0.1, 0.15) is 31.5 Å². The molecule has 0 radical (unpaired) electrons. The van der Waals surface area contributed by atoms with E-state index in [1.807, 2.05) is 0 Å². The summed E-state index contributed by atoms with van der Waals surface area (Å²) >= 11 is 0. The molecule has 1 aromatic heterocycles. The third kappa shape index (κ3) is 3.00. The van der Waals surface area contributed by atoms with Crippen LogP contribution in [0.5, 0.6) is 0 Å². The van der Waals surface area contributed by atoms with Crippen LogP contribution in [0.3, 0.4) is 0 Å². The van der Waals surface area contributed by atoms with Gasteiger partial charge in [-0.1, -0.05) is 0 Å². The molecule has 1 N–H and O–H groups in total. The Kier molecular flexibility index (Phi) is 2.94. The van der Waals surface area contributed by atoms with Crippen LogP contribution in [-0.2, 0) is 17.8 Å². The molecular weight excluding hydrogens is 196 g/mol. The maximum atomic E-state index is 10.3. The molecule has 0 unspecified atom stereocenters. The molecular formula is C9H14N4O2. The van der Waals surface area contributed by atoms with Gasteiger partial charge in [-0.15, -0.1) is 5.10 Å². The van der Waals surface area contributed by atoms with Crippen molar-refractivity contribution in [3.05, 3.63) is 5.82 Å². The number of aliphatic carboxylic acids is 1. The Morgan fingerprint density at radius 2 is 2.33 bits per heavy atom. The number of rotatable bonds is 6. The molecule has 1 fully saturated rings. The summed E-state index contributed by atoms with van der Waals surface area (Å²) in [6.45, 7) is 0.599. The van der Waals surface area contributed by atoms with E-state index < -0.39 is 5.97 Å². The number of carbonyl (C=O) groups is 1. The first-order valence-corrected chi connectivity index (χ1v) is 5.22.